The summed E-state index contributed by atoms with van der Waals surface area (Å²) < 4.78 is 1.13. The van der Waals surface area contributed by atoms with Crippen LogP contribution in [0.2, 0.25) is 12.1 Å². The third-order valence-electron chi connectivity index (χ3n) is 9.91. The molecule has 0 nitrogen and oxygen atoms in total. The van der Waals surface area contributed by atoms with Crippen LogP contribution in [0.4, 0.5) is 0 Å². The van der Waals surface area contributed by atoms with Gasteiger partial charge in [0.05, 0.1) is 0 Å². The molecule has 0 fully saturated rings. The molecular weight excluding hydrogens is 695 g/mol. The van der Waals surface area contributed by atoms with Gasteiger partial charge in [0, 0.05) is 0 Å². The van der Waals surface area contributed by atoms with Gasteiger partial charge in [0.2, 0.25) is 0 Å². The molecule has 2 unspecified atom stereocenters. The van der Waals surface area contributed by atoms with Crippen molar-refractivity contribution in [3.63, 3.8) is 0 Å². The Morgan fingerprint density at radius 3 is 1.20 bits per heavy atom. The molecule has 0 saturated heterocycles. The minimum Gasteiger partial charge on any atom is -1.00 e. The minimum atomic E-state index is -2.36. The second kappa shape index (κ2) is 14.7. The van der Waals surface area contributed by atoms with Crippen LogP contribution in [-0.2, 0) is 31.2 Å². The SMILES string of the molecule is CC[Si](CC)=[Zr+2]([CH]1C(c2ccc(C(C)(C)C)cc2)=Cc2ccccc21)[CH]1C(c2ccc(C(C)(C)C)cc2)=Cc2ccccc21.[Cl-].[Cl-]. The number of benzene rings is 4. The topological polar surface area (TPSA) is 0 Å². The predicted octanol–water partition coefficient (Wildman–Crippen LogP) is 5.83. The van der Waals surface area contributed by atoms with Gasteiger partial charge in [-0.3, -0.25) is 0 Å². The van der Waals surface area contributed by atoms with E-state index in [2.05, 4.69) is 165 Å². The van der Waals surface area contributed by atoms with E-state index in [1.807, 2.05) is 0 Å². The molecular formula is C42H48Cl2SiZr. The van der Waals surface area contributed by atoms with Crippen LogP contribution in [-0.4, -0.2) is 5.43 Å². The Morgan fingerprint density at radius 2 is 0.870 bits per heavy atom. The van der Waals surface area contributed by atoms with Gasteiger partial charge in [0.1, 0.15) is 0 Å². The van der Waals surface area contributed by atoms with E-state index < -0.39 is 25.8 Å². The summed E-state index contributed by atoms with van der Waals surface area (Å²) in [7, 11) is 0. The molecule has 0 heterocycles. The summed E-state index contributed by atoms with van der Waals surface area (Å²) in [6.45, 7) is 18.9. The van der Waals surface area contributed by atoms with Crippen LogP contribution >= 0.6 is 0 Å². The van der Waals surface area contributed by atoms with E-state index in [1.165, 1.54) is 45.5 Å². The summed E-state index contributed by atoms with van der Waals surface area (Å²) in [5.74, 6) is 0. The summed E-state index contributed by atoms with van der Waals surface area (Å²) >= 11 is -2.36. The van der Waals surface area contributed by atoms with Crippen LogP contribution in [0.15, 0.2) is 97.1 Å². The Kier molecular flexibility index (Phi) is 11.7. The third-order valence-corrected chi connectivity index (χ3v) is 33.2. The number of hydrogen-bond acceptors (Lipinski definition) is 0. The summed E-state index contributed by atoms with van der Waals surface area (Å²) in [5, 5.41) is 0. The quantitative estimate of drug-likeness (QED) is 0.219. The molecule has 2 atom stereocenters. The van der Waals surface area contributed by atoms with Crippen molar-refractivity contribution in [2.24, 2.45) is 0 Å². The molecule has 0 amide bonds. The summed E-state index contributed by atoms with van der Waals surface area (Å²) in [6.07, 6.45) is 5.14. The zero-order valence-electron chi connectivity index (χ0n) is 28.7. The maximum absolute atomic E-state index is 2.57. The van der Waals surface area contributed by atoms with E-state index in [0.717, 1.165) is 0 Å². The molecule has 46 heavy (non-hydrogen) atoms. The maximum atomic E-state index is 2.57. The smallest absolute Gasteiger partial charge is 1.00 e. The predicted molar refractivity (Wildman–Crippen MR) is 191 cm³/mol. The van der Waals surface area contributed by atoms with E-state index in [9.17, 15) is 0 Å². The normalized spacial score (nSPS) is 16.6. The van der Waals surface area contributed by atoms with E-state index in [4.69, 9.17) is 0 Å². The van der Waals surface area contributed by atoms with Crippen LogP contribution in [0.1, 0.15) is 107 Å². The molecule has 4 aromatic rings. The molecule has 0 aliphatic heterocycles. The van der Waals surface area contributed by atoms with Crippen LogP contribution in [0.25, 0.3) is 23.3 Å². The standard InChI is InChI=1S/2C19H19.C4H10Si.2ClH.Zr/c2*1-19(2,3)18-10-8-14(9-11-18)17-12-15-6-4-5-7-16(15)13-17;1-3-5-4-2;;;/h2*4-13H,1-3H3;3-4H2,1-2H3;2*1H;/q;;;;;+2/p-2. The molecule has 0 aromatic heterocycles. The monoisotopic (exact) mass is 740 g/mol. The van der Waals surface area contributed by atoms with Gasteiger partial charge < -0.3 is 24.8 Å². The first-order valence-corrected chi connectivity index (χ1v) is 25.0. The largest absolute Gasteiger partial charge is 1.00 e. The molecule has 238 valence electrons. The maximum Gasteiger partial charge on any atom is -1.00 e. The molecule has 2 aliphatic carbocycles. The molecule has 6 rings (SSSR count). The number of rotatable bonds is 6. The van der Waals surface area contributed by atoms with Crippen LogP contribution < -0.4 is 24.8 Å². The van der Waals surface area contributed by atoms with Crippen molar-refractivity contribution in [3.8, 4) is 0 Å². The third kappa shape index (κ3) is 7.08. The van der Waals surface area contributed by atoms with Crippen molar-refractivity contribution < 1.29 is 45.2 Å². The zero-order valence-corrected chi connectivity index (χ0v) is 33.7. The molecule has 0 bridgehead atoms. The van der Waals surface area contributed by atoms with Gasteiger partial charge in [0.25, 0.3) is 0 Å². The van der Waals surface area contributed by atoms with Gasteiger partial charge in [-0.05, 0) is 0 Å². The number of allylic oxidation sites excluding steroid dienone is 2. The van der Waals surface area contributed by atoms with Crippen LogP contribution in [0.5, 0.6) is 0 Å². The molecule has 0 N–H and O–H groups in total. The second-order valence-corrected chi connectivity index (χ2v) is 31.1. The van der Waals surface area contributed by atoms with E-state index in [0.29, 0.717) is 7.25 Å². The van der Waals surface area contributed by atoms with Crippen LogP contribution in [0.3, 0.4) is 0 Å². The molecule has 4 aromatic carbocycles. The molecule has 0 saturated carbocycles. The number of fused-ring (bicyclic) bond motifs is 2. The van der Waals surface area contributed by atoms with Gasteiger partial charge in [0.15, 0.2) is 0 Å². The Hall–Kier alpha value is -1.96. The van der Waals surface area contributed by atoms with Crippen molar-refractivity contribution in [3.05, 3.63) is 142 Å². The van der Waals surface area contributed by atoms with Gasteiger partial charge in [-0.2, -0.15) is 0 Å². The van der Waals surface area contributed by atoms with E-state index in [-0.39, 0.29) is 35.6 Å². The molecule has 4 heteroatoms. The Balaban J connectivity index is 0.00000240. The average Bonchev–Trinajstić information content (AvgIpc) is 3.58. The fraction of sp³-hybridized carbons (Fsp3) is 0.333. The van der Waals surface area contributed by atoms with Gasteiger partial charge in [-0.25, -0.2) is 0 Å². The van der Waals surface area contributed by atoms with Crippen molar-refractivity contribution in [1.82, 2.24) is 0 Å². The first-order valence-electron chi connectivity index (χ1n) is 16.6. The van der Waals surface area contributed by atoms with Gasteiger partial charge in [-0.15, -0.1) is 0 Å². The summed E-state index contributed by atoms with van der Waals surface area (Å²) in [4.78, 5) is 0. The van der Waals surface area contributed by atoms with E-state index in [1.54, 1.807) is 22.3 Å². The fourth-order valence-corrected chi connectivity index (χ4v) is 31.9. The number of hydrogen-bond donors (Lipinski definition) is 0. The second-order valence-electron chi connectivity index (χ2n) is 14.7. The zero-order chi connectivity index (χ0) is 31.2. The first-order chi connectivity index (χ1) is 21.0. The number of halogens is 2. The Labute approximate surface area is 298 Å². The molecule has 0 spiro atoms. The minimum absolute atomic E-state index is 0. The van der Waals surface area contributed by atoms with Gasteiger partial charge >= 0.3 is 276 Å². The molecule has 0 radical (unpaired) electrons. The fourth-order valence-electron chi connectivity index (χ4n) is 7.38. The van der Waals surface area contributed by atoms with Crippen molar-refractivity contribution in [2.75, 3.05) is 0 Å². The summed E-state index contributed by atoms with van der Waals surface area (Å²) in [5.41, 5.74) is 14.7. The van der Waals surface area contributed by atoms with Crippen LogP contribution in [0, 0.1) is 0 Å². The van der Waals surface area contributed by atoms with Crippen molar-refractivity contribution in [1.29, 1.82) is 0 Å². The first kappa shape index (κ1) is 36.9. The average molecular weight is 743 g/mol. The molecule has 2 aliphatic rings. The van der Waals surface area contributed by atoms with Crippen molar-refractivity contribution in [2.45, 2.75) is 85.6 Å². The van der Waals surface area contributed by atoms with Crippen molar-refractivity contribution >= 4 is 28.7 Å². The van der Waals surface area contributed by atoms with E-state index >= 15 is 0 Å². The Morgan fingerprint density at radius 1 is 0.522 bits per heavy atom. The summed E-state index contributed by atoms with van der Waals surface area (Å²) in [6, 6.07) is 40.7. The van der Waals surface area contributed by atoms with Gasteiger partial charge in [-0.1, -0.05) is 0 Å². The Bertz CT molecular complexity index is 1650.